The molecule has 1 aromatic rings. The minimum absolute atomic E-state index is 0.675. The van der Waals surface area contributed by atoms with Crippen LogP contribution in [0.2, 0.25) is 0 Å². The van der Waals surface area contributed by atoms with Crippen LogP contribution in [0.5, 0.6) is 0 Å². The zero-order valence-corrected chi connectivity index (χ0v) is 12.0. The Kier molecular flexibility index (Phi) is 7.69. The van der Waals surface area contributed by atoms with Gasteiger partial charge in [0.05, 0.1) is 6.61 Å². The molecule has 0 saturated heterocycles. The number of aryl methyl sites for hydroxylation is 2. The molecule has 104 valence electrons. The molecule has 0 saturated carbocycles. The van der Waals surface area contributed by atoms with Crippen molar-refractivity contribution in [3.05, 3.63) is 18.2 Å². The van der Waals surface area contributed by atoms with E-state index in [0.717, 1.165) is 39.1 Å². The number of nitrogens with one attached hydrogen (secondary N) is 1. The van der Waals surface area contributed by atoms with Crippen LogP contribution in [-0.4, -0.2) is 36.4 Å². The largest absolute Gasteiger partial charge is 0.383 e. The van der Waals surface area contributed by atoms with Gasteiger partial charge in [0.2, 0.25) is 0 Å². The lowest BCUT2D eigenvalue weighted by Gasteiger charge is -2.13. The van der Waals surface area contributed by atoms with Crippen molar-refractivity contribution >= 4 is 0 Å². The number of ether oxygens (including phenoxy) is 1. The molecule has 0 aromatic carbocycles. The first-order valence-corrected chi connectivity index (χ1v) is 6.97. The highest BCUT2D eigenvalue weighted by molar-refractivity contribution is 4.92. The summed E-state index contributed by atoms with van der Waals surface area (Å²) >= 11 is 0. The summed E-state index contributed by atoms with van der Waals surface area (Å²) < 4.78 is 7.28. The Morgan fingerprint density at radius 2 is 2.33 bits per heavy atom. The lowest BCUT2D eigenvalue weighted by atomic mass is 10.1. The number of aromatic nitrogens is 2. The highest BCUT2D eigenvalue weighted by atomic mass is 16.5. The second-order valence-electron chi connectivity index (χ2n) is 4.88. The second kappa shape index (κ2) is 9.11. The van der Waals surface area contributed by atoms with Gasteiger partial charge in [-0.3, -0.25) is 0 Å². The van der Waals surface area contributed by atoms with E-state index in [2.05, 4.69) is 34.9 Å². The second-order valence-corrected chi connectivity index (χ2v) is 4.88. The summed E-state index contributed by atoms with van der Waals surface area (Å²) in [4.78, 5) is 4.44. The third-order valence-corrected chi connectivity index (χ3v) is 3.10. The smallest absolute Gasteiger partial charge is 0.108 e. The maximum absolute atomic E-state index is 5.01. The first-order valence-electron chi connectivity index (χ1n) is 6.97. The van der Waals surface area contributed by atoms with E-state index in [1.807, 2.05) is 6.20 Å². The Hall–Kier alpha value is -0.870. The van der Waals surface area contributed by atoms with Gasteiger partial charge in [-0.15, -0.1) is 0 Å². The molecule has 1 atom stereocenters. The summed E-state index contributed by atoms with van der Waals surface area (Å²) in [7, 11) is 1.73. The van der Waals surface area contributed by atoms with Crippen molar-refractivity contribution in [1.82, 2.24) is 14.9 Å². The van der Waals surface area contributed by atoms with E-state index in [1.165, 1.54) is 12.2 Å². The first-order chi connectivity index (χ1) is 8.77. The minimum Gasteiger partial charge on any atom is -0.383 e. The molecule has 0 aliphatic rings. The maximum Gasteiger partial charge on any atom is 0.108 e. The molecule has 4 nitrogen and oxygen atoms in total. The molecule has 1 rings (SSSR count). The molecular weight excluding hydrogens is 226 g/mol. The molecule has 0 aliphatic carbocycles. The van der Waals surface area contributed by atoms with Crippen LogP contribution in [0.25, 0.3) is 0 Å². The topological polar surface area (TPSA) is 39.1 Å². The number of hydrogen-bond donors (Lipinski definition) is 1. The third kappa shape index (κ3) is 5.65. The zero-order valence-electron chi connectivity index (χ0n) is 12.0. The van der Waals surface area contributed by atoms with Crippen LogP contribution in [0.15, 0.2) is 12.4 Å². The fourth-order valence-corrected chi connectivity index (χ4v) is 2.01. The standard InChI is InChI=1S/C14H27N3O/c1-4-9-17-10-7-16-14(17)6-5-13(2)12-15-8-11-18-3/h7,10,13,15H,4-6,8-9,11-12H2,1-3H3. The van der Waals surface area contributed by atoms with Crippen LogP contribution in [-0.2, 0) is 17.7 Å². The van der Waals surface area contributed by atoms with Gasteiger partial charge >= 0.3 is 0 Å². The lowest BCUT2D eigenvalue weighted by molar-refractivity contribution is 0.198. The van der Waals surface area contributed by atoms with Crippen molar-refractivity contribution in [1.29, 1.82) is 0 Å². The molecule has 0 radical (unpaired) electrons. The summed E-state index contributed by atoms with van der Waals surface area (Å²) in [6.07, 6.45) is 7.41. The maximum atomic E-state index is 5.01. The average Bonchev–Trinajstić information content (AvgIpc) is 2.80. The molecule has 1 N–H and O–H groups in total. The number of imidazole rings is 1. The van der Waals surface area contributed by atoms with Gasteiger partial charge in [-0.05, 0) is 25.3 Å². The van der Waals surface area contributed by atoms with Crippen LogP contribution in [0.3, 0.4) is 0 Å². The van der Waals surface area contributed by atoms with E-state index in [9.17, 15) is 0 Å². The Bertz CT molecular complexity index is 312. The lowest BCUT2D eigenvalue weighted by Crippen LogP contribution is -2.25. The summed E-state index contributed by atoms with van der Waals surface area (Å²) in [5.74, 6) is 1.90. The predicted molar refractivity (Wildman–Crippen MR) is 74.7 cm³/mol. The Morgan fingerprint density at radius 1 is 1.50 bits per heavy atom. The van der Waals surface area contributed by atoms with Crippen molar-refractivity contribution in [2.24, 2.45) is 5.92 Å². The van der Waals surface area contributed by atoms with Gasteiger partial charge in [-0.2, -0.15) is 0 Å². The molecule has 18 heavy (non-hydrogen) atoms. The molecule has 0 fully saturated rings. The van der Waals surface area contributed by atoms with Crippen molar-refractivity contribution in [2.75, 3.05) is 26.8 Å². The van der Waals surface area contributed by atoms with Gasteiger partial charge in [-0.1, -0.05) is 13.8 Å². The van der Waals surface area contributed by atoms with E-state index in [0.29, 0.717) is 5.92 Å². The van der Waals surface area contributed by atoms with Crippen molar-refractivity contribution in [3.8, 4) is 0 Å². The SMILES string of the molecule is CCCn1ccnc1CCC(C)CNCCOC. The van der Waals surface area contributed by atoms with Gasteiger partial charge in [0.15, 0.2) is 0 Å². The molecule has 0 spiro atoms. The fourth-order valence-electron chi connectivity index (χ4n) is 2.01. The average molecular weight is 253 g/mol. The number of hydrogen-bond acceptors (Lipinski definition) is 3. The van der Waals surface area contributed by atoms with E-state index < -0.39 is 0 Å². The predicted octanol–water partition coefficient (Wildman–Crippen LogP) is 2.10. The highest BCUT2D eigenvalue weighted by Crippen LogP contribution is 2.08. The normalized spacial score (nSPS) is 12.8. The third-order valence-electron chi connectivity index (χ3n) is 3.10. The molecule has 1 unspecified atom stereocenters. The van der Waals surface area contributed by atoms with E-state index >= 15 is 0 Å². The molecule has 0 aliphatic heterocycles. The Morgan fingerprint density at radius 3 is 3.06 bits per heavy atom. The highest BCUT2D eigenvalue weighted by Gasteiger charge is 2.06. The first kappa shape index (κ1) is 15.2. The van der Waals surface area contributed by atoms with Crippen molar-refractivity contribution in [2.45, 2.75) is 39.7 Å². The molecule has 4 heteroatoms. The number of methoxy groups -OCH3 is 1. The Balaban J connectivity index is 2.20. The van der Waals surface area contributed by atoms with E-state index in [4.69, 9.17) is 4.74 Å². The van der Waals surface area contributed by atoms with Gasteiger partial charge in [0.25, 0.3) is 0 Å². The molecule has 0 amide bonds. The zero-order chi connectivity index (χ0) is 13.2. The Labute approximate surface area is 111 Å². The van der Waals surface area contributed by atoms with Crippen LogP contribution in [0, 0.1) is 5.92 Å². The van der Waals surface area contributed by atoms with E-state index in [-0.39, 0.29) is 0 Å². The van der Waals surface area contributed by atoms with Crippen molar-refractivity contribution in [3.63, 3.8) is 0 Å². The molecule has 0 bridgehead atoms. The monoisotopic (exact) mass is 253 g/mol. The molecule has 1 aromatic heterocycles. The van der Waals surface area contributed by atoms with Gasteiger partial charge in [0, 0.05) is 39.0 Å². The van der Waals surface area contributed by atoms with E-state index in [1.54, 1.807) is 7.11 Å². The van der Waals surface area contributed by atoms with Gasteiger partial charge in [0.1, 0.15) is 5.82 Å². The quantitative estimate of drug-likeness (QED) is 0.649. The fraction of sp³-hybridized carbons (Fsp3) is 0.786. The van der Waals surface area contributed by atoms with Gasteiger partial charge < -0.3 is 14.6 Å². The summed E-state index contributed by atoms with van der Waals surface area (Å²) in [6, 6.07) is 0. The summed E-state index contributed by atoms with van der Waals surface area (Å²) in [5.41, 5.74) is 0. The number of nitrogens with zero attached hydrogens (tertiary/aromatic N) is 2. The minimum atomic E-state index is 0.675. The van der Waals surface area contributed by atoms with Crippen molar-refractivity contribution < 1.29 is 4.74 Å². The van der Waals surface area contributed by atoms with Crippen LogP contribution < -0.4 is 5.32 Å². The summed E-state index contributed by atoms with van der Waals surface area (Å²) in [5, 5.41) is 3.40. The van der Waals surface area contributed by atoms with Crippen LogP contribution >= 0.6 is 0 Å². The summed E-state index contributed by atoms with van der Waals surface area (Å²) in [6.45, 7) is 8.34. The van der Waals surface area contributed by atoms with Gasteiger partial charge in [-0.25, -0.2) is 4.98 Å². The molecular formula is C14H27N3O. The molecule has 1 heterocycles. The number of rotatable bonds is 10. The van der Waals surface area contributed by atoms with Crippen LogP contribution in [0.4, 0.5) is 0 Å². The van der Waals surface area contributed by atoms with Crippen LogP contribution in [0.1, 0.15) is 32.5 Å².